The minimum Gasteiger partial charge on any atom is -0.398 e. The first kappa shape index (κ1) is 15.1. The largest absolute Gasteiger partial charge is 0.398 e. The van der Waals surface area contributed by atoms with Gasteiger partial charge >= 0.3 is 0 Å². The third kappa shape index (κ3) is 3.61. The number of rotatable bonds is 5. The summed E-state index contributed by atoms with van der Waals surface area (Å²) in [5.41, 5.74) is 9.19. The lowest BCUT2D eigenvalue weighted by atomic mass is 10.1. The lowest BCUT2D eigenvalue weighted by molar-refractivity contribution is -0.126. The van der Waals surface area contributed by atoms with Gasteiger partial charge in [-0.05, 0) is 29.7 Å². The molecule has 4 nitrogen and oxygen atoms in total. The molecule has 0 aliphatic heterocycles. The highest BCUT2D eigenvalue weighted by Gasteiger charge is 2.19. The first-order valence-corrected chi connectivity index (χ1v) is 6.92. The van der Waals surface area contributed by atoms with E-state index in [1.54, 1.807) is 6.07 Å². The minimum atomic E-state index is -0.640. The summed E-state index contributed by atoms with van der Waals surface area (Å²) in [4.78, 5) is 12.3. The standard InChI is InChI=1S/C17H20N2O2/c1-3-12-9-10-14(11-15(12)18)19-17(20)16(21-2)13-7-5-4-6-8-13/h4-11,16H,3,18H2,1-2H3,(H,19,20). The second-order valence-electron chi connectivity index (χ2n) is 4.78. The Hall–Kier alpha value is -2.33. The fourth-order valence-electron chi connectivity index (χ4n) is 2.22. The Labute approximate surface area is 124 Å². The van der Waals surface area contributed by atoms with Gasteiger partial charge in [-0.2, -0.15) is 0 Å². The van der Waals surface area contributed by atoms with Crippen LogP contribution >= 0.6 is 0 Å². The number of benzene rings is 2. The van der Waals surface area contributed by atoms with Gasteiger partial charge in [-0.1, -0.05) is 43.3 Å². The predicted octanol–water partition coefficient (Wildman–Crippen LogP) is 3.16. The number of methoxy groups -OCH3 is 1. The summed E-state index contributed by atoms with van der Waals surface area (Å²) in [6.45, 7) is 2.04. The molecule has 2 aromatic rings. The van der Waals surface area contributed by atoms with Crippen LogP contribution in [0.5, 0.6) is 0 Å². The number of aryl methyl sites for hydroxylation is 1. The molecule has 21 heavy (non-hydrogen) atoms. The molecule has 4 heteroatoms. The van der Waals surface area contributed by atoms with E-state index >= 15 is 0 Å². The summed E-state index contributed by atoms with van der Waals surface area (Å²) in [5.74, 6) is -0.215. The van der Waals surface area contributed by atoms with Crippen molar-refractivity contribution in [2.75, 3.05) is 18.2 Å². The maximum absolute atomic E-state index is 12.3. The van der Waals surface area contributed by atoms with Crippen molar-refractivity contribution in [1.29, 1.82) is 0 Å². The fourth-order valence-corrected chi connectivity index (χ4v) is 2.22. The van der Waals surface area contributed by atoms with Gasteiger partial charge in [0, 0.05) is 18.5 Å². The third-order valence-electron chi connectivity index (χ3n) is 3.37. The van der Waals surface area contributed by atoms with E-state index in [2.05, 4.69) is 5.32 Å². The molecule has 0 fully saturated rings. The van der Waals surface area contributed by atoms with Crippen LogP contribution in [0.2, 0.25) is 0 Å². The summed E-state index contributed by atoms with van der Waals surface area (Å²) < 4.78 is 5.30. The van der Waals surface area contributed by atoms with Crippen molar-refractivity contribution in [1.82, 2.24) is 0 Å². The maximum atomic E-state index is 12.3. The van der Waals surface area contributed by atoms with Crippen molar-refractivity contribution >= 4 is 17.3 Å². The van der Waals surface area contributed by atoms with Crippen LogP contribution < -0.4 is 11.1 Å². The number of nitrogens with one attached hydrogen (secondary N) is 1. The SMILES string of the molecule is CCc1ccc(NC(=O)C(OC)c2ccccc2)cc1N. The molecule has 0 heterocycles. The second-order valence-corrected chi connectivity index (χ2v) is 4.78. The van der Waals surface area contributed by atoms with Crippen molar-refractivity contribution in [3.63, 3.8) is 0 Å². The number of hydrogen-bond acceptors (Lipinski definition) is 3. The Morgan fingerprint density at radius 1 is 1.24 bits per heavy atom. The van der Waals surface area contributed by atoms with Crippen molar-refractivity contribution in [2.45, 2.75) is 19.4 Å². The van der Waals surface area contributed by atoms with E-state index in [9.17, 15) is 4.79 Å². The summed E-state index contributed by atoms with van der Waals surface area (Å²) in [5, 5.41) is 2.84. The van der Waals surface area contributed by atoms with E-state index in [4.69, 9.17) is 10.5 Å². The quantitative estimate of drug-likeness (QED) is 0.829. The summed E-state index contributed by atoms with van der Waals surface area (Å²) >= 11 is 0. The number of amides is 1. The first-order valence-electron chi connectivity index (χ1n) is 6.92. The average Bonchev–Trinajstić information content (AvgIpc) is 2.49. The van der Waals surface area contributed by atoms with E-state index in [-0.39, 0.29) is 5.91 Å². The molecule has 0 aliphatic carbocycles. The van der Waals surface area contributed by atoms with Crippen LogP contribution in [-0.4, -0.2) is 13.0 Å². The van der Waals surface area contributed by atoms with Crippen LogP contribution in [0.25, 0.3) is 0 Å². The van der Waals surface area contributed by atoms with Gasteiger partial charge in [0.2, 0.25) is 0 Å². The van der Waals surface area contributed by atoms with Crippen molar-refractivity contribution in [3.05, 3.63) is 59.7 Å². The Bertz CT molecular complexity index is 611. The van der Waals surface area contributed by atoms with Gasteiger partial charge in [0.15, 0.2) is 6.10 Å². The van der Waals surface area contributed by atoms with Gasteiger partial charge in [0.25, 0.3) is 5.91 Å². The van der Waals surface area contributed by atoms with Gasteiger partial charge < -0.3 is 15.8 Å². The van der Waals surface area contributed by atoms with E-state index < -0.39 is 6.10 Å². The van der Waals surface area contributed by atoms with Crippen LogP contribution in [0.1, 0.15) is 24.2 Å². The summed E-state index contributed by atoms with van der Waals surface area (Å²) in [6.07, 6.45) is 0.225. The lowest BCUT2D eigenvalue weighted by Gasteiger charge is -2.16. The maximum Gasteiger partial charge on any atom is 0.258 e. The van der Waals surface area contributed by atoms with E-state index in [0.717, 1.165) is 17.5 Å². The van der Waals surface area contributed by atoms with Crippen molar-refractivity contribution < 1.29 is 9.53 Å². The fraction of sp³-hybridized carbons (Fsp3) is 0.235. The van der Waals surface area contributed by atoms with Gasteiger partial charge in [-0.3, -0.25) is 4.79 Å². The molecule has 1 atom stereocenters. The average molecular weight is 284 g/mol. The van der Waals surface area contributed by atoms with Crippen LogP contribution in [0.4, 0.5) is 11.4 Å². The van der Waals surface area contributed by atoms with E-state index in [1.807, 2.05) is 49.4 Å². The van der Waals surface area contributed by atoms with Crippen LogP contribution in [0.3, 0.4) is 0 Å². The number of hydrogen-bond donors (Lipinski definition) is 2. The molecule has 0 spiro atoms. The highest BCUT2D eigenvalue weighted by molar-refractivity contribution is 5.95. The van der Waals surface area contributed by atoms with Gasteiger partial charge in [-0.25, -0.2) is 0 Å². The zero-order valence-electron chi connectivity index (χ0n) is 12.3. The highest BCUT2D eigenvalue weighted by Crippen LogP contribution is 2.22. The molecular formula is C17H20N2O2. The van der Waals surface area contributed by atoms with Gasteiger partial charge in [-0.15, -0.1) is 0 Å². The summed E-state index contributed by atoms with van der Waals surface area (Å²) in [6, 6.07) is 14.9. The van der Waals surface area contributed by atoms with E-state index in [1.165, 1.54) is 7.11 Å². The van der Waals surface area contributed by atoms with Crippen molar-refractivity contribution in [2.24, 2.45) is 0 Å². The molecule has 0 bridgehead atoms. The highest BCUT2D eigenvalue weighted by atomic mass is 16.5. The molecule has 1 amide bonds. The van der Waals surface area contributed by atoms with Crippen LogP contribution in [-0.2, 0) is 16.0 Å². The monoisotopic (exact) mass is 284 g/mol. The summed E-state index contributed by atoms with van der Waals surface area (Å²) in [7, 11) is 1.52. The molecule has 0 radical (unpaired) electrons. The predicted molar refractivity (Wildman–Crippen MR) is 85.1 cm³/mol. The Kier molecular flexibility index (Phi) is 4.95. The molecular weight excluding hydrogens is 264 g/mol. The van der Waals surface area contributed by atoms with Gasteiger partial charge in [0.1, 0.15) is 0 Å². The zero-order chi connectivity index (χ0) is 15.2. The first-order chi connectivity index (χ1) is 10.2. The Balaban J connectivity index is 2.15. The Morgan fingerprint density at radius 3 is 2.52 bits per heavy atom. The molecule has 0 aromatic heterocycles. The smallest absolute Gasteiger partial charge is 0.258 e. The third-order valence-corrected chi connectivity index (χ3v) is 3.37. The molecule has 110 valence electrons. The number of nitrogen functional groups attached to an aromatic ring is 1. The number of carbonyl (C=O) groups is 1. The zero-order valence-corrected chi connectivity index (χ0v) is 12.3. The topological polar surface area (TPSA) is 64.3 Å². The molecule has 2 rings (SSSR count). The molecule has 0 aliphatic rings. The van der Waals surface area contributed by atoms with E-state index in [0.29, 0.717) is 11.4 Å². The van der Waals surface area contributed by atoms with Crippen LogP contribution in [0, 0.1) is 0 Å². The normalized spacial score (nSPS) is 11.9. The molecule has 2 aromatic carbocycles. The molecule has 1 unspecified atom stereocenters. The minimum absolute atomic E-state index is 0.215. The molecule has 0 saturated heterocycles. The molecule has 3 N–H and O–H groups in total. The number of anilines is 2. The number of carbonyl (C=O) groups excluding carboxylic acids is 1. The Morgan fingerprint density at radius 2 is 1.95 bits per heavy atom. The number of ether oxygens (including phenoxy) is 1. The van der Waals surface area contributed by atoms with Gasteiger partial charge in [0.05, 0.1) is 0 Å². The lowest BCUT2D eigenvalue weighted by Crippen LogP contribution is -2.22. The van der Waals surface area contributed by atoms with Crippen molar-refractivity contribution in [3.8, 4) is 0 Å². The van der Waals surface area contributed by atoms with Crippen LogP contribution in [0.15, 0.2) is 48.5 Å². The molecule has 0 saturated carbocycles. The number of nitrogens with two attached hydrogens (primary N) is 1. The second kappa shape index (κ2) is 6.90.